The number of rotatable bonds is 6. The first-order valence-electron chi connectivity index (χ1n) is 7.76. The number of hydrogen-bond acceptors (Lipinski definition) is 5. The third-order valence-electron chi connectivity index (χ3n) is 3.96. The van der Waals surface area contributed by atoms with E-state index < -0.39 is 10.0 Å². The third kappa shape index (κ3) is 4.12. The highest BCUT2D eigenvalue weighted by atomic mass is 32.2. The van der Waals surface area contributed by atoms with Crippen LogP contribution in [0.5, 0.6) is 0 Å². The van der Waals surface area contributed by atoms with Crippen molar-refractivity contribution >= 4 is 15.9 Å². The molecule has 0 saturated carbocycles. The minimum absolute atomic E-state index is 0.0153. The number of piperazine rings is 1. The normalized spacial score (nSPS) is 15.9. The summed E-state index contributed by atoms with van der Waals surface area (Å²) in [5, 5.41) is 9.10. The van der Waals surface area contributed by atoms with Crippen LogP contribution in [0, 0.1) is 11.3 Å². The predicted molar refractivity (Wildman–Crippen MR) is 87.6 cm³/mol. The van der Waals surface area contributed by atoms with E-state index in [0.29, 0.717) is 32.5 Å². The molecule has 0 bridgehead atoms. The van der Waals surface area contributed by atoms with Crippen LogP contribution in [0.1, 0.15) is 18.4 Å². The Labute approximate surface area is 142 Å². The Morgan fingerprint density at radius 3 is 2.54 bits per heavy atom. The first kappa shape index (κ1) is 18.4. The summed E-state index contributed by atoms with van der Waals surface area (Å²) in [6.45, 7) is 1.72. The summed E-state index contributed by atoms with van der Waals surface area (Å²) in [6.07, 6.45) is 1.06. The fourth-order valence-electron chi connectivity index (χ4n) is 2.63. The molecule has 0 unspecified atom stereocenters. The van der Waals surface area contributed by atoms with Gasteiger partial charge in [0.15, 0.2) is 0 Å². The highest BCUT2D eigenvalue weighted by Crippen LogP contribution is 2.21. The molecular weight excluding hydrogens is 330 g/mol. The third-order valence-corrected chi connectivity index (χ3v) is 5.91. The van der Waals surface area contributed by atoms with E-state index >= 15 is 0 Å². The summed E-state index contributed by atoms with van der Waals surface area (Å²) in [4.78, 5) is 13.8. The number of ether oxygens (including phenoxy) is 1. The molecule has 0 aliphatic carbocycles. The lowest BCUT2D eigenvalue weighted by Crippen LogP contribution is -2.50. The van der Waals surface area contributed by atoms with E-state index in [0.717, 1.165) is 0 Å². The van der Waals surface area contributed by atoms with Crippen molar-refractivity contribution in [1.29, 1.82) is 5.26 Å². The maximum atomic E-state index is 12.7. The maximum Gasteiger partial charge on any atom is 0.244 e. The largest absolute Gasteiger partial charge is 0.385 e. The number of sulfonamides is 1. The average molecular weight is 351 g/mol. The van der Waals surface area contributed by atoms with Crippen LogP contribution < -0.4 is 0 Å². The van der Waals surface area contributed by atoms with Crippen LogP contribution >= 0.6 is 0 Å². The Hall–Kier alpha value is -1.95. The molecule has 8 heteroatoms. The molecule has 24 heavy (non-hydrogen) atoms. The van der Waals surface area contributed by atoms with Gasteiger partial charge in [0.25, 0.3) is 0 Å². The molecule has 1 aliphatic rings. The Morgan fingerprint density at radius 1 is 1.25 bits per heavy atom. The summed E-state index contributed by atoms with van der Waals surface area (Å²) in [5.41, 5.74) is 0.135. The van der Waals surface area contributed by atoms with Gasteiger partial charge in [0, 0.05) is 46.3 Å². The zero-order valence-corrected chi connectivity index (χ0v) is 14.5. The van der Waals surface area contributed by atoms with Crippen molar-refractivity contribution in [2.24, 2.45) is 0 Å². The molecule has 0 radical (unpaired) electrons. The number of carbonyl (C=O) groups is 1. The SMILES string of the molecule is COCCCC(=O)N1CCN(S(=O)(=O)c2ccccc2C#N)CC1. The summed E-state index contributed by atoms with van der Waals surface area (Å²) in [5.74, 6) is 0.0153. The molecule has 1 fully saturated rings. The van der Waals surface area contributed by atoms with Gasteiger partial charge >= 0.3 is 0 Å². The summed E-state index contributed by atoms with van der Waals surface area (Å²) in [6, 6.07) is 8.08. The standard InChI is InChI=1S/C16H21N3O4S/c1-23-12-4-7-16(20)18-8-10-19(11-9-18)24(21,22)15-6-3-2-5-14(15)13-17/h2-3,5-6H,4,7-12H2,1H3. The maximum absolute atomic E-state index is 12.7. The first-order chi connectivity index (χ1) is 11.5. The van der Waals surface area contributed by atoms with E-state index in [1.54, 1.807) is 24.1 Å². The van der Waals surface area contributed by atoms with E-state index in [2.05, 4.69) is 0 Å². The van der Waals surface area contributed by atoms with Crippen LogP contribution in [-0.2, 0) is 19.6 Å². The number of nitriles is 1. The first-order valence-corrected chi connectivity index (χ1v) is 9.20. The zero-order chi connectivity index (χ0) is 17.6. The summed E-state index contributed by atoms with van der Waals surface area (Å²) >= 11 is 0. The molecule has 7 nitrogen and oxygen atoms in total. The van der Waals surface area contributed by atoms with E-state index in [1.165, 1.54) is 16.4 Å². The predicted octanol–water partition coefficient (Wildman–Crippen LogP) is 0.818. The molecule has 0 N–H and O–H groups in total. The fraction of sp³-hybridized carbons (Fsp3) is 0.500. The Kier molecular flexibility index (Phi) is 6.31. The van der Waals surface area contributed by atoms with Crippen molar-refractivity contribution in [3.8, 4) is 6.07 Å². The van der Waals surface area contributed by atoms with Gasteiger partial charge < -0.3 is 9.64 Å². The van der Waals surface area contributed by atoms with Crippen molar-refractivity contribution < 1.29 is 17.9 Å². The van der Waals surface area contributed by atoms with Crippen molar-refractivity contribution in [1.82, 2.24) is 9.21 Å². The fourth-order valence-corrected chi connectivity index (χ4v) is 4.19. The van der Waals surface area contributed by atoms with Crippen LogP contribution in [0.15, 0.2) is 29.2 Å². The van der Waals surface area contributed by atoms with E-state index in [9.17, 15) is 13.2 Å². The molecule has 1 heterocycles. The number of hydrogen-bond donors (Lipinski definition) is 0. The molecule has 0 atom stereocenters. The minimum atomic E-state index is -3.72. The number of carbonyl (C=O) groups excluding carboxylic acids is 1. The molecule has 2 rings (SSSR count). The van der Waals surface area contributed by atoms with Crippen molar-refractivity contribution in [3.63, 3.8) is 0 Å². The lowest BCUT2D eigenvalue weighted by molar-refractivity contribution is -0.132. The average Bonchev–Trinajstić information content (AvgIpc) is 2.62. The van der Waals surface area contributed by atoms with Gasteiger partial charge in [0.05, 0.1) is 10.5 Å². The van der Waals surface area contributed by atoms with Gasteiger partial charge in [-0.15, -0.1) is 0 Å². The molecule has 1 aliphatic heterocycles. The lowest BCUT2D eigenvalue weighted by atomic mass is 10.2. The van der Waals surface area contributed by atoms with E-state index in [-0.39, 0.29) is 29.5 Å². The molecule has 130 valence electrons. The van der Waals surface area contributed by atoms with Gasteiger partial charge in [0.1, 0.15) is 6.07 Å². The second-order valence-corrected chi connectivity index (χ2v) is 7.40. The van der Waals surface area contributed by atoms with Crippen molar-refractivity contribution in [2.45, 2.75) is 17.7 Å². The van der Waals surface area contributed by atoms with Crippen LogP contribution in [0.2, 0.25) is 0 Å². The molecule has 0 aromatic heterocycles. The zero-order valence-electron chi connectivity index (χ0n) is 13.6. The van der Waals surface area contributed by atoms with Gasteiger partial charge in [0.2, 0.25) is 15.9 Å². The number of amides is 1. The van der Waals surface area contributed by atoms with Crippen molar-refractivity contribution in [2.75, 3.05) is 39.9 Å². The highest BCUT2D eigenvalue weighted by Gasteiger charge is 2.31. The minimum Gasteiger partial charge on any atom is -0.385 e. The number of benzene rings is 1. The summed E-state index contributed by atoms with van der Waals surface area (Å²) in [7, 11) is -2.13. The van der Waals surface area contributed by atoms with Gasteiger partial charge in [-0.3, -0.25) is 4.79 Å². The van der Waals surface area contributed by atoms with E-state index in [1.807, 2.05) is 6.07 Å². The van der Waals surface area contributed by atoms with Gasteiger partial charge in [-0.1, -0.05) is 12.1 Å². The smallest absolute Gasteiger partial charge is 0.244 e. The summed E-state index contributed by atoms with van der Waals surface area (Å²) < 4.78 is 31.7. The molecule has 1 aromatic carbocycles. The van der Waals surface area contributed by atoms with Gasteiger partial charge in [-0.25, -0.2) is 8.42 Å². The Balaban J connectivity index is 2.01. The quantitative estimate of drug-likeness (QED) is 0.708. The van der Waals surface area contributed by atoms with Crippen LogP contribution in [0.3, 0.4) is 0 Å². The molecule has 1 aromatic rings. The van der Waals surface area contributed by atoms with Gasteiger partial charge in [-0.05, 0) is 18.6 Å². The van der Waals surface area contributed by atoms with Crippen molar-refractivity contribution in [3.05, 3.63) is 29.8 Å². The van der Waals surface area contributed by atoms with Crippen LogP contribution in [0.4, 0.5) is 0 Å². The molecule has 0 spiro atoms. The van der Waals surface area contributed by atoms with Crippen LogP contribution in [-0.4, -0.2) is 63.4 Å². The van der Waals surface area contributed by atoms with Gasteiger partial charge in [-0.2, -0.15) is 9.57 Å². The van der Waals surface area contributed by atoms with E-state index in [4.69, 9.17) is 10.00 Å². The Morgan fingerprint density at radius 2 is 1.92 bits per heavy atom. The molecule has 1 amide bonds. The topological polar surface area (TPSA) is 90.7 Å². The number of nitrogens with zero attached hydrogens (tertiary/aromatic N) is 3. The Bertz CT molecular complexity index is 719. The van der Waals surface area contributed by atoms with Crippen LogP contribution in [0.25, 0.3) is 0 Å². The molecule has 1 saturated heterocycles. The lowest BCUT2D eigenvalue weighted by Gasteiger charge is -2.34. The second-order valence-electron chi connectivity index (χ2n) is 5.49. The monoisotopic (exact) mass is 351 g/mol. The molecular formula is C16H21N3O4S. The second kappa shape index (κ2) is 8.24. The highest BCUT2D eigenvalue weighted by molar-refractivity contribution is 7.89. The number of methoxy groups -OCH3 is 1.